The first-order valence-corrected chi connectivity index (χ1v) is 9.96. The molecule has 0 saturated heterocycles. The van der Waals surface area contributed by atoms with Crippen LogP contribution in [0.1, 0.15) is 29.3 Å². The van der Waals surface area contributed by atoms with E-state index in [1.807, 2.05) is 6.07 Å². The van der Waals surface area contributed by atoms with Gasteiger partial charge in [-0.3, -0.25) is 9.98 Å². The van der Waals surface area contributed by atoms with Gasteiger partial charge in [-0.15, -0.1) is 0 Å². The Morgan fingerprint density at radius 2 is 2.06 bits per heavy atom. The molecule has 0 spiro atoms. The maximum atomic E-state index is 14.8. The van der Waals surface area contributed by atoms with Crippen LogP contribution in [0.5, 0.6) is 0 Å². The number of aromatic nitrogens is 1. The number of amidine groups is 1. The van der Waals surface area contributed by atoms with Crippen LogP contribution in [0.15, 0.2) is 41.5 Å². The minimum atomic E-state index is -3.76. The Kier molecular flexibility index (Phi) is 4.82. The molecule has 1 aromatic carbocycles. The van der Waals surface area contributed by atoms with E-state index in [1.165, 1.54) is 24.4 Å². The Labute approximate surface area is 183 Å². The fraction of sp³-hybridized carbons (Fsp3) is 0.238. The number of carbonyl (C=O) groups excluding carboxylic acids is 1. The topological polar surface area (TPSA) is 115 Å². The van der Waals surface area contributed by atoms with E-state index in [2.05, 4.69) is 9.98 Å². The van der Waals surface area contributed by atoms with Gasteiger partial charge in [-0.1, -0.05) is 17.8 Å². The molecule has 164 valence electrons. The molecule has 0 amide bonds. The Morgan fingerprint density at radius 1 is 1.34 bits per heavy atom. The molecule has 1 fully saturated rings. The zero-order valence-electron chi connectivity index (χ0n) is 16.3. The second kappa shape index (κ2) is 7.06. The van der Waals surface area contributed by atoms with Crippen molar-refractivity contribution in [1.29, 1.82) is 5.26 Å². The summed E-state index contributed by atoms with van der Waals surface area (Å²) in [5, 5.41) is 19.9. The Morgan fingerprint density at radius 3 is 2.66 bits per heavy atom. The molecule has 6 nitrogen and oxygen atoms in total. The first kappa shape index (κ1) is 21.8. The van der Waals surface area contributed by atoms with E-state index in [4.69, 9.17) is 11.0 Å². The van der Waals surface area contributed by atoms with Crippen LogP contribution in [-0.2, 0) is 10.3 Å². The quantitative estimate of drug-likeness (QED) is 0.700. The number of thioether (sulfide) groups is 1. The number of nitrogens with two attached hydrogens (primary N) is 1. The molecular formula is C21H13F4N4O2S-. The van der Waals surface area contributed by atoms with E-state index in [-0.39, 0.29) is 34.1 Å². The first-order chi connectivity index (χ1) is 15.0. The third kappa shape index (κ3) is 2.97. The number of halogens is 4. The summed E-state index contributed by atoms with van der Waals surface area (Å²) in [7, 11) is 0. The minimum Gasteiger partial charge on any atom is -0.548 e. The summed E-state index contributed by atoms with van der Waals surface area (Å²) < 4.78 is 56.1. The monoisotopic (exact) mass is 461 g/mol. The highest BCUT2D eigenvalue weighted by molar-refractivity contribution is 8.16. The van der Waals surface area contributed by atoms with Gasteiger partial charge in [0.15, 0.2) is 5.17 Å². The molecule has 2 aromatic rings. The SMILES string of the molecule is CC1(c2cc(/C=C(\F)c3ccc(C#N)cn3)ccc2F)N=C(N)SC2(C(=O)[O-])C1C2(F)F. The molecular weight excluding hydrogens is 448 g/mol. The smallest absolute Gasteiger partial charge is 0.276 e. The van der Waals surface area contributed by atoms with Crippen molar-refractivity contribution in [1.82, 2.24) is 4.98 Å². The van der Waals surface area contributed by atoms with Gasteiger partial charge in [-0.2, -0.15) is 5.26 Å². The third-order valence-electron chi connectivity index (χ3n) is 5.62. The number of nitriles is 1. The van der Waals surface area contributed by atoms with Crippen molar-refractivity contribution < 1.29 is 27.5 Å². The summed E-state index contributed by atoms with van der Waals surface area (Å²) in [6.07, 6.45) is 2.17. The summed E-state index contributed by atoms with van der Waals surface area (Å²) in [5.74, 6) is -9.44. The van der Waals surface area contributed by atoms with Crippen molar-refractivity contribution in [3.8, 4) is 6.07 Å². The van der Waals surface area contributed by atoms with E-state index in [0.717, 1.165) is 25.1 Å². The third-order valence-corrected chi connectivity index (χ3v) is 6.92. The van der Waals surface area contributed by atoms with E-state index in [9.17, 15) is 27.5 Å². The van der Waals surface area contributed by atoms with Gasteiger partial charge in [-0.05, 0) is 42.8 Å². The van der Waals surface area contributed by atoms with Gasteiger partial charge in [0.05, 0.1) is 28.7 Å². The lowest BCUT2D eigenvalue weighted by Crippen LogP contribution is -2.46. The van der Waals surface area contributed by atoms with Crippen LogP contribution in [0.4, 0.5) is 17.6 Å². The molecule has 32 heavy (non-hydrogen) atoms. The number of rotatable bonds is 4. The highest BCUT2D eigenvalue weighted by Gasteiger charge is 2.88. The Bertz CT molecular complexity index is 1240. The lowest BCUT2D eigenvalue weighted by atomic mass is 9.84. The highest BCUT2D eigenvalue weighted by Crippen LogP contribution is 2.74. The molecule has 4 rings (SSSR count). The maximum absolute atomic E-state index is 14.8. The largest absolute Gasteiger partial charge is 0.548 e. The average Bonchev–Trinajstić information content (AvgIpc) is 3.26. The molecule has 2 aliphatic rings. The maximum Gasteiger partial charge on any atom is 0.276 e. The fourth-order valence-corrected chi connectivity index (χ4v) is 5.43. The predicted octanol–water partition coefficient (Wildman–Crippen LogP) is 2.59. The molecule has 1 aliphatic carbocycles. The van der Waals surface area contributed by atoms with Crippen molar-refractivity contribution >= 4 is 34.8 Å². The summed E-state index contributed by atoms with van der Waals surface area (Å²) in [6, 6.07) is 7.76. The summed E-state index contributed by atoms with van der Waals surface area (Å²) in [4.78, 5) is 19.4. The lowest BCUT2D eigenvalue weighted by molar-refractivity contribution is -0.307. The number of alkyl halides is 2. The second-order valence-corrected chi connectivity index (χ2v) is 8.82. The summed E-state index contributed by atoms with van der Waals surface area (Å²) >= 11 is 0.186. The molecule has 11 heteroatoms. The van der Waals surface area contributed by atoms with Crippen LogP contribution in [0.2, 0.25) is 0 Å². The van der Waals surface area contributed by atoms with Gasteiger partial charge in [0.1, 0.15) is 22.5 Å². The molecule has 1 aromatic heterocycles. The van der Waals surface area contributed by atoms with Crippen LogP contribution in [-0.4, -0.2) is 26.8 Å². The van der Waals surface area contributed by atoms with Gasteiger partial charge >= 0.3 is 0 Å². The van der Waals surface area contributed by atoms with E-state index in [1.54, 1.807) is 0 Å². The van der Waals surface area contributed by atoms with Crippen LogP contribution in [0, 0.1) is 23.1 Å². The lowest BCUT2D eigenvalue weighted by Gasteiger charge is -2.33. The van der Waals surface area contributed by atoms with Gasteiger partial charge in [0.25, 0.3) is 5.92 Å². The van der Waals surface area contributed by atoms with Gasteiger partial charge < -0.3 is 15.6 Å². The van der Waals surface area contributed by atoms with Crippen LogP contribution in [0.25, 0.3) is 11.9 Å². The van der Waals surface area contributed by atoms with Crippen molar-refractivity contribution in [2.24, 2.45) is 16.6 Å². The highest BCUT2D eigenvalue weighted by atomic mass is 32.2. The number of aliphatic carboxylic acids is 1. The number of nitrogens with zero attached hydrogens (tertiary/aromatic N) is 3. The van der Waals surface area contributed by atoms with Gasteiger partial charge in [0.2, 0.25) is 0 Å². The number of hydrogen-bond donors (Lipinski definition) is 1. The van der Waals surface area contributed by atoms with Gasteiger partial charge in [0, 0.05) is 11.8 Å². The molecule has 3 unspecified atom stereocenters. The molecule has 1 saturated carbocycles. The number of carboxylic acids is 1. The normalized spacial score (nSPS) is 28.3. The van der Waals surface area contributed by atoms with Crippen molar-refractivity contribution in [3.05, 3.63) is 64.7 Å². The summed E-state index contributed by atoms with van der Waals surface area (Å²) in [6.45, 7) is 1.16. The molecule has 2 N–H and O–H groups in total. The fourth-order valence-electron chi connectivity index (χ4n) is 4.09. The minimum absolute atomic E-state index is 0.0953. The number of hydrogen-bond acceptors (Lipinski definition) is 7. The van der Waals surface area contributed by atoms with E-state index >= 15 is 0 Å². The van der Waals surface area contributed by atoms with E-state index < -0.39 is 44.9 Å². The second-order valence-electron chi connectivity index (χ2n) is 7.55. The Hall–Kier alpha value is -3.39. The Balaban J connectivity index is 1.78. The molecule has 3 atom stereocenters. The predicted molar refractivity (Wildman–Crippen MR) is 107 cm³/mol. The van der Waals surface area contributed by atoms with Crippen molar-refractivity contribution in [3.63, 3.8) is 0 Å². The first-order valence-electron chi connectivity index (χ1n) is 9.14. The molecule has 1 aliphatic heterocycles. The average molecular weight is 461 g/mol. The number of carbonyl (C=O) groups is 1. The van der Waals surface area contributed by atoms with Crippen molar-refractivity contribution in [2.75, 3.05) is 0 Å². The molecule has 2 heterocycles. The molecule has 0 radical (unpaired) electrons. The number of fused-ring (bicyclic) bond motifs is 1. The zero-order chi connectivity index (χ0) is 23.5. The van der Waals surface area contributed by atoms with Gasteiger partial charge in [-0.25, -0.2) is 17.6 Å². The summed E-state index contributed by atoms with van der Waals surface area (Å²) in [5.41, 5.74) is 3.48. The molecule has 0 bridgehead atoms. The van der Waals surface area contributed by atoms with Crippen LogP contribution >= 0.6 is 11.8 Å². The van der Waals surface area contributed by atoms with Crippen LogP contribution < -0.4 is 10.8 Å². The zero-order valence-corrected chi connectivity index (χ0v) is 17.1. The number of carboxylic acid groups (broad SMARTS) is 1. The van der Waals surface area contributed by atoms with E-state index in [0.29, 0.717) is 0 Å². The van der Waals surface area contributed by atoms with Crippen molar-refractivity contribution in [2.45, 2.75) is 23.1 Å². The standard InChI is InChI=1S/C21H14F4N4O2S/c1-19(16-20(17(30)31,21(16,24)25)32-18(27)29-19)12-6-10(2-4-13(12)22)7-14(23)15-5-3-11(8-26)9-28-15/h2-7,9,16H,1H3,(H2,27,29)(H,30,31)/p-1/b14-7-. The van der Waals surface area contributed by atoms with Crippen LogP contribution in [0.3, 0.4) is 0 Å². The number of aliphatic imine (C=N–C) groups is 1. The number of benzene rings is 1. The number of pyridine rings is 1.